The third-order valence-electron chi connectivity index (χ3n) is 5.85. The lowest BCUT2D eigenvalue weighted by Gasteiger charge is -2.32. The summed E-state index contributed by atoms with van der Waals surface area (Å²) in [5.74, 6) is 0.460. The van der Waals surface area contributed by atoms with Gasteiger partial charge in [-0.15, -0.1) is 0 Å². The maximum Gasteiger partial charge on any atom is 0.498 e. The molecular weight excluding hydrogens is 365 g/mol. The predicted octanol–water partition coefficient (Wildman–Crippen LogP) is 4.49. The van der Waals surface area contributed by atoms with Gasteiger partial charge in [-0.1, -0.05) is 42.5 Å². The van der Waals surface area contributed by atoms with E-state index in [2.05, 4.69) is 0 Å². The van der Waals surface area contributed by atoms with E-state index in [9.17, 15) is 4.79 Å². The third-order valence-corrected chi connectivity index (χ3v) is 5.85. The van der Waals surface area contributed by atoms with Gasteiger partial charge < -0.3 is 18.9 Å². The minimum Gasteiger partial charge on any atom is -0.411 e. The maximum atomic E-state index is 12.7. The number of ether oxygens (including phenoxy) is 1. The molecule has 5 nitrogen and oxygen atoms in total. The van der Waals surface area contributed by atoms with E-state index >= 15 is 0 Å². The molecule has 0 bridgehead atoms. The second-order valence-corrected chi connectivity index (χ2v) is 8.25. The average Bonchev–Trinajstić information content (AvgIpc) is 2.90. The van der Waals surface area contributed by atoms with Gasteiger partial charge in [0.05, 0.1) is 11.2 Å². The molecule has 0 unspecified atom stereocenters. The highest BCUT2D eigenvalue weighted by molar-refractivity contribution is 6.63. The van der Waals surface area contributed by atoms with Crippen LogP contribution in [0.2, 0.25) is 0 Å². The maximum absolute atomic E-state index is 12.7. The molecule has 1 heterocycles. The molecule has 0 atom stereocenters. The minimum atomic E-state index is -0.607. The van der Waals surface area contributed by atoms with Crippen molar-refractivity contribution in [3.8, 4) is 16.9 Å². The SMILES string of the molecule is CCN(CC)C(=O)Oc1cc(-c2ccccc2)ccc1B1OC(C)(C)C(C)(C)O1. The highest BCUT2D eigenvalue weighted by Gasteiger charge is 2.52. The Bertz CT molecular complexity index is 846. The molecule has 2 aromatic rings. The van der Waals surface area contributed by atoms with E-state index in [0.29, 0.717) is 24.3 Å². The number of carbonyl (C=O) groups excluding carboxylic acids is 1. The van der Waals surface area contributed by atoms with Gasteiger partial charge in [-0.25, -0.2) is 4.79 Å². The normalized spacial score (nSPS) is 17.2. The Kier molecular flexibility index (Phi) is 6.06. The van der Waals surface area contributed by atoms with Gasteiger partial charge in [-0.3, -0.25) is 0 Å². The third kappa shape index (κ3) is 4.33. The van der Waals surface area contributed by atoms with E-state index in [4.69, 9.17) is 14.0 Å². The summed E-state index contributed by atoms with van der Waals surface area (Å²) < 4.78 is 18.2. The van der Waals surface area contributed by atoms with Gasteiger partial charge in [-0.05, 0) is 58.7 Å². The first-order valence-electron chi connectivity index (χ1n) is 10.2. The lowest BCUT2D eigenvalue weighted by Crippen LogP contribution is -2.41. The molecule has 0 spiro atoms. The van der Waals surface area contributed by atoms with Gasteiger partial charge in [0.1, 0.15) is 5.75 Å². The molecule has 1 fully saturated rings. The summed E-state index contributed by atoms with van der Waals surface area (Å²) in [6.07, 6.45) is -0.377. The summed E-state index contributed by atoms with van der Waals surface area (Å²) in [5.41, 5.74) is 1.77. The first kappa shape index (κ1) is 21.4. The van der Waals surface area contributed by atoms with Gasteiger partial charge in [0.2, 0.25) is 0 Å². The van der Waals surface area contributed by atoms with Gasteiger partial charge >= 0.3 is 13.2 Å². The van der Waals surface area contributed by atoms with E-state index < -0.39 is 18.3 Å². The van der Waals surface area contributed by atoms with E-state index in [0.717, 1.165) is 11.1 Å². The number of benzene rings is 2. The van der Waals surface area contributed by atoms with Crippen LogP contribution in [0.5, 0.6) is 5.75 Å². The number of amides is 1. The fourth-order valence-corrected chi connectivity index (χ4v) is 3.24. The molecule has 0 radical (unpaired) electrons. The monoisotopic (exact) mass is 395 g/mol. The van der Waals surface area contributed by atoms with Crippen molar-refractivity contribution in [2.75, 3.05) is 13.1 Å². The number of rotatable bonds is 5. The summed E-state index contributed by atoms with van der Waals surface area (Å²) in [4.78, 5) is 14.3. The molecular formula is C23H30BNO4. The minimum absolute atomic E-state index is 0.377. The van der Waals surface area contributed by atoms with Crippen LogP contribution in [0.1, 0.15) is 41.5 Å². The number of hydrogen-bond donors (Lipinski definition) is 0. The Hall–Kier alpha value is -2.31. The van der Waals surface area contributed by atoms with Crippen LogP contribution in [0.15, 0.2) is 48.5 Å². The molecule has 0 saturated carbocycles. The Morgan fingerprint density at radius 2 is 1.52 bits per heavy atom. The fraction of sp³-hybridized carbons (Fsp3) is 0.435. The van der Waals surface area contributed by atoms with Crippen LogP contribution in [0, 0.1) is 0 Å². The van der Waals surface area contributed by atoms with Crippen LogP contribution >= 0.6 is 0 Å². The molecule has 0 aromatic heterocycles. The van der Waals surface area contributed by atoms with E-state index in [1.807, 2.05) is 90.1 Å². The predicted molar refractivity (Wildman–Crippen MR) is 117 cm³/mol. The Morgan fingerprint density at radius 1 is 0.931 bits per heavy atom. The van der Waals surface area contributed by atoms with E-state index in [1.54, 1.807) is 4.90 Å². The zero-order chi connectivity index (χ0) is 21.2. The molecule has 29 heavy (non-hydrogen) atoms. The second kappa shape index (κ2) is 8.21. The Labute approximate surface area is 174 Å². The van der Waals surface area contributed by atoms with Crippen molar-refractivity contribution < 1.29 is 18.8 Å². The van der Waals surface area contributed by atoms with Crippen molar-refractivity contribution in [3.05, 3.63) is 48.5 Å². The Morgan fingerprint density at radius 3 is 2.07 bits per heavy atom. The molecule has 6 heteroatoms. The van der Waals surface area contributed by atoms with Crippen LogP contribution in [-0.2, 0) is 9.31 Å². The van der Waals surface area contributed by atoms with Crippen molar-refractivity contribution >= 4 is 18.7 Å². The Balaban J connectivity index is 2.00. The molecule has 1 saturated heterocycles. The van der Waals surface area contributed by atoms with Gasteiger partial charge in [0.25, 0.3) is 0 Å². The highest BCUT2D eigenvalue weighted by Crippen LogP contribution is 2.37. The zero-order valence-corrected chi connectivity index (χ0v) is 18.2. The number of nitrogens with zero attached hydrogens (tertiary/aromatic N) is 1. The summed E-state index contributed by atoms with van der Waals surface area (Å²) in [6, 6.07) is 15.8. The van der Waals surface area contributed by atoms with Crippen molar-refractivity contribution in [1.29, 1.82) is 0 Å². The summed E-state index contributed by atoms with van der Waals surface area (Å²) in [6.45, 7) is 13.1. The van der Waals surface area contributed by atoms with Crippen molar-refractivity contribution in [1.82, 2.24) is 4.90 Å². The topological polar surface area (TPSA) is 48.0 Å². The van der Waals surface area contributed by atoms with Gasteiger partial charge in [0.15, 0.2) is 0 Å². The number of hydrogen-bond acceptors (Lipinski definition) is 4. The molecule has 2 aromatic carbocycles. The largest absolute Gasteiger partial charge is 0.498 e. The van der Waals surface area contributed by atoms with Crippen LogP contribution < -0.4 is 10.2 Å². The molecule has 1 aliphatic heterocycles. The van der Waals surface area contributed by atoms with E-state index in [1.165, 1.54) is 0 Å². The van der Waals surface area contributed by atoms with E-state index in [-0.39, 0.29) is 6.09 Å². The first-order chi connectivity index (χ1) is 13.7. The van der Waals surface area contributed by atoms with Crippen LogP contribution in [0.25, 0.3) is 11.1 Å². The average molecular weight is 395 g/mol. The molecule has 1 aliphatic rings. The molecule has 0 N–H and O–H groups in total. The summed E-state index contributed by atoms with van der Waals surface area (Å²) in [7, 11) is -0.607. The lowest BCUT2D eigenvalue weighted by atomic mass is 9.77. The molecule has 1 amide bonds. The van der Waals surface area contributed by atoms with Crippen molar-refractivity contribution in [2.24, 2.45) is 0 Å². The first-order valence-corrected chi connectivity index (χ1v) is 10.2. The van der Waals surface area contributed by atoms with Crippen molar-refractivity contribution in [3.63, 3.8) is 0 Å². The fourth-order valence-electron chi connectivity index (χ4n) is 3.24. The quantitative estimate of drug-likeness (QED) is 0.700. The van der Waals surface area contributed by atoms with Crippen LogP contribution in [0.3, 0.4) is 0 Å². The highest BCUT2D eigenvalue weighted by atomic mass is 16.7. The molecule has 154 valence electrons. The van der Waals surface area contributed by atoms with Crippen LogP contribution in [0.4, 0.5) is 4.79 Å². The summed E-state index contributed by atoms with van der Waals surface area (Å²) >= 11 is 0. The van der Waals surface area contributed by atoms with Crippen LogP contribution in [-0.4, -0.2) is 42.4 Å². The smallest absolute Gasteiger partial charge is 0.411 e. The standard InChI is InChI=1S/C23H30BNO4/c1-7-25(8-2)21(26)27-20-16-18(17-12-10-9-11-13-17)14-15-19(20)24-28-22(3,4)23(5,6)29-24/h9-16H,7-8H2,1-6H3. The zero-order valence-electron chi connectivity index (χ0n) is 18.2. The van der Waals surface area contributed by atoms with Gasteiger partial charge in [0, 0.05) is 18.6 Å². The van der Waals surface area contributed by atoms with Crippen molar-refractivity contribution in [2.45, 2.75) is 52.7 Å². The summed E-state index contributed by atoms with van der Waals surface area (Å²) in [5, 5.41) is 0. The molecule has 0 aliphatic carbocycles. The number of carbonyl (C=O) groups is 1. The molecule has 3 rings (SSSR count). The van der Waals surface area contributed by atoms with Gasteiger partial charge in [-0.2, -0.15) is 0 Å². The second-order valence-electron chi connectivity index (χ2n) is 8.25. The lowest BCUT2D eigenvalue weighted by molar-refractivity contribution is 0.00578.